The van der Waals surface area contributed by atoms with Crippen LogP contribution in [0.2, 0.25) is 0 Å². The number of aromatic nitrogens is 2. The highest BCUT2D eigenvalue weighted by molar-refractivity contribution is 5.88. The fourth-order valence-electron chi connectivity index (χ4n) is 3.60. The molecule has 1 atom stereocenters. The van der Waals surface area contributed by atoms with Crippen LogP contribution in [0.4, 0.5) is 0 Å². The molecule has 0 saturated carbocycles. The molecule has 2 heterocycles. The molecule has 1 fully saturated rings. The van der Waals surface area contributed by atoms with Crippen LogP contribution in [0.1, 0.15) is 17.7 Å². The van der Waals surface area contributed by atoms with Crippen molar-refractivity contribution in [2.45, 2.75) is 25.6 Å². The Morgan fingerprint density at radius 2 is 1.97 bits per heavy atom. The molecule has 1 saturated heterocycles. The zero-order valence-electron chi connectivity index (χ0n) is 17.6. The number of amides is 2. The van der Waals surface area contributed by atoms with Gasteiger partial charge in [0.15, 0.2) is 0 Å². The third-order valence-electron chi connectivity index (χ3n) is 5.19. The van der Waals surface area contributed by atoms with Crippen molar-refractivity contribution >= 4 is 11.8 Å². The molecule has 2 amide bonds. The van der Waals surface area contributed by atoms with Gasteiger partial charge in [-0.3, -0.25) is 14.5 Å². The molecular formula is C24H25N5O3. The molecule has 0 radical (unpaired) electrons. The van der Waals surface area contributed by atoms with Crippen LogP contribution in [0.5, 0.6) is 11.5 Å². The summed E-state index contributed by atoms with van der Waals surface area (Å²) in [4.78, 5) is 35.0. The van der Waals surface area contributed by atoms with Gasteiger partial charge >= 0.3 is 0 Å². The summed E-state index contributed by atoms with van der Waals surface area (Å²) in [6.45, 7) is 2.06. The van der Waals surface area contributed by atoms with Crippen LogP contribution in [-0.4, -0.2) is 45.8 Å². The number of nitrogens with zero attached hydrogens (tertiary/aromatic N) is 3. The maximum atomic E-state index is 12.5. The number of benzene rings is 2. The Bertz CT molecular complexity index is 1050. The second kappa shape index (κ2) is 10.5. The highest BCUT2D eigenvalue weighted by atomic mass is 16.5. The largest absolute Gasteiger partial charge is 0.457 e. The SMILES string of the molecule is O=C(CC1C(=O)NCCN1Cc1cccc(Oc2ccccc2)c1)NCc1ccncn1. The number of hydrogen-bond donors (Lipinski definition) is 2. The summed E-state index contributed by atoms with van der Waals surface area (Å²) in [5.41, 5.74) is 1.73. The highest BCUT2D eigenvalue weighted by Crippen LogP contribution is 2.23. The van der Waals surface area contributed by atoms with Crippen LogP contribution in [0.25, 0.3) is 0 Å². The summed E-state index contributed by atoms with van der Waals surface area (Å²) in [7, 11) is 0. The number of ether oxygens (including phenoxy) is 1. The average molecular weight is 431 g/mol. The lowest BCUT2D eigenvalue weighted by Gasteiger charge is -2.34. The molecule has 8 heteroatoms. The maximum Gasteiger partial charge on any atom is 0.237 e. The van der Waals surface area contributed by atoms with E-state index in [1.165, 1.54) is 6.33 Å². The van der Waals surface area contributed by atoms with Gasteiger partial charge in [0.2, 0.25) is 11.8 Å². The predicted molar refractivity (Wildman–Crippen MR) is 119 cm³/mol. The Morgan fingerprint density at radius 1 is 1.12 bits per heavy atom. The van der Waals surface area contributed by atoms with E-state index in [1.807, 2.05) is 59.5 Å². The molecule has 1 unspecified atom stereocenters. The van der Waals surface area contributed by atoms with Crippen molar-refractivity contribution in [3.05, 3.63) is 84.4 Å². The van der Waals surface area contributed by atoms with Crippen LogP contribution < -0.4 is 15.4 Å². The van der Waals surface area contributed by atoms with Crippen molar-refractivity contribution in [2.24, 2.45) is 0 Å². The van der Waals surface area contributed by atoms with E-state index in [9.17, 15) is 9.59 Å². The third-order valence-corrected chi connectivity index (χ3v) is 5.19. The van der Waals surface area contributed by atoms with Gasteiger partial charge in [0.25, 0.3) is 0 Å². The molecule has 1 aliphatic rings. The lowest BCUT2D eigenvalue weighted by atomic mass is 10.1. The molecule has 8 nitrogen and oxygen atoms in total. The van der Waals surface area contributed by atoms with Gasteiger partial charge in [0, 0.05) is 25.8 Å². The first-order chi connectivity index (χ1) is 15.7. The smallest absolute Gasteiger partial charge is 0.237 e. The third kappa shape index (κ3) is 5.89. The standard InChI is InChI=1S/C24H25N5O3/c30-23(27-15-19-9-10-25-17-28-19)14-22-24(31)26-11-12-29(22)16-18-5-4-8-21(13-18)32-20-6-2-1-3-7-20/h1-10,13,17,22H,11-12,14-16H2,(H,26,31)(H,27,30). The van der Waals surface area contributed by atoms with Gasteiger partial charge in [0.1, 0.15) is 17.8 Å². The van der Waals surface area contributed by atoms with Gasteiger partial charge in [-0.1, -0.05) is 30.3 Å². The fourth-order valence-corrected chi connectivity index (χ4v) is 3.60. The van der Waals surface area contributed by atoms with Crippen LogP contribution in [-0.2, 0) is 22.7 Å². The van der Waals surface area contributed by atoms with E-state index < -0.39 is 6.04 Å². The topological polar surface area (TPSA) is 96.5 Å². The van der Waals surface area contributed by atoms with Gasteiger partial charge in [-0.2, -0.15) is 0 Å². The minimum Gasteiger partial charge on any atom is -0.457 e. The Kier molecular flexibility index (Phi) is 7.04. The van der Waals surface area contributed by atoms with Gasteiger partial charge in [0.05, 0.1) is 24.7 Å². The highest BCUT2D eigenvalue weighted by Gasteiger charge is 2.31. The molecule has 32 heavy (non-hydrogen) atoms. The first-order valence-electron chi connectivity index (χ1n) is 10.5. The van der Waals surface area contributed by atoms with Crippen molar-refractivity contribution in [1.82, 2.24) is 25.5 Å². The van der Waals surface area contributed by atoms with Crippen LogP contribution >= 0.6 is 0 Å². The number of hydrogen-bond acceptors (Lipinski definition) is 6. The number of piperazine rings is 1. The molecule has 3 aromatic rings. The number of para-hydroxylation sites is 1. The van der Waals surface area contributed by atoms with Gasteiger partial charge in [-0.25, -0.2) is 9.97 Å². The number of rotatable bonds is 8. The summed E-state index contributed by atoms with van der Waals surface area (Å²) >= 11 is 0. The second-order valence-electron chi connectivity index (χ2n) is 7.52. The minimum absolute atomic E-state index is 0.0805. The van der Waals surface area contributed by atoms with Gasteiger partial charge in [-0.05, 0) is 35.9 Å². The van der Waals surface area contributed by atoms with E-state index in [4.69, 9.17) is 4.74 Å². The molecule has 1 aromatic heterocycles. The van der Waals surface area contributed by atoms with Crippen LogP contribution in [0, 0.1) is 0 Å². The van der Waals surface area contributed by atoms with Crippen molar-refractivity contribution in [3.63, 3.8) is 0 Å². The first kappa shape index (κ1) is 21.5. The lowest BCUT2D eigenvalue weighted by molar-refractivity contribution is -0.134. The van der Waals surface area contributed by atoms with Crippen molar-refractivity contribution < 1.29 is 14.3 Å². The zero-order valence-corrected chi connectivity index (χ0v) is 17.6. The Morgan fingerprint density at radius 3 is 2.78 bits per heavy atom. The lowest BCUT2D eigenvalue weighted by Crippen LogP contribution is -2.56. The second-order valence-corrected chi connectivity index (χ2v) is 7.52. The summed E-state index contributed by atoms with van der Waals surface area (Å²) in [5.74, 6) is 1.16. The molecular weight excluding hydrogens is 406 g/mol. The average Bonchev–Trinajstić information content (AvgIpc) is 2.82. The maximum absolute atomic E-state index is 12.5. The number of carbonyl (C=O) groups excluding carboxylic acids is 2. The van der Waals surface area contributed by atoms with E-state index in [2.05, 4.69) is 20.6 Å². The first-order valence-corrected chi connectivity index (χ1v) is 10.5. The molecule has 0 aliphatic carbocycles. The predicted octanol–water partition coefficient (Wildman–Crippen LogP) is 2.28. The quantitative estimate of drug-likeness (QED) is 0.568. The summed E-state index contributed by atoms with van der Waals surface area (Å²) in [5, 5.41) is 5.70. The minimum atomic E-state index is -0.534. The molecule has 1 aliphatic heterocycles. The van der Waals surface area contributed by atoms with E-state index in [1.54, 1.807) is 12.3 Å². The van der Waals surface area contributed by atoms with E-state index in [-0.39, 0.29) is 18.2 Å². The Hall–Kier alpha value is -3.78. The van der Waals surface area contributed by atoms with Crippen LogP contribution in [0.3, 0.4) is 0 Å². The van der Waals surface area contributed by atoms with Crippen LogP contribution in [0.15, 0.2) is 73.2 Å². The van der Waals surface area contributed by atoms with Crippen molar-refractivity contribution in [2.75, 3.05) is 13.1 Å². The normalized spacial score (nSPS) is 16.2. The molecule has 0 bridgehead atoms. The Balaban J connectivity index is 1.38. The summed E-state index contributed by atoms with van der Waals surface area (Å²) in [6, 6.07) is 18.6. The molecule has 2 aromatic carbocycles. The molecule has 2 N–H and O–H groups in total. The van der Waals surface area contributed by atoms with Crippen molar-refractivity contribution in [3.8, 4) is 11.5 Å². The van der Waals surface area contributed by atoms with Gasteiger partial charge < -0.3 is 15.4 Å². The molecule has 164 valence electrons. The Labute approximate surface area is 186 Å². The zero-order chi connectivity index (χ0) is 22.2. The number of carbonyl (C=O) groups is 2. The molecule has 4 rings (SSSR count). The monoisotopic (exact) mass is 431 g/mol. The van der Waals surface area contributed by atoms with E-state index >= 15 is 0 Å². The van der Waals surface area contributed by atoms with Crippen molar-refractivity contribution in [1.29, 1.82) is 0 Å². The summed E-state index contributed by atoms with van der Waals surface area (Å²) in [6.07, 6.45) is 3.14. The van der Waals surface area contributed by atoms with E-state index in [0.29, 0.717) is 31.9 Å². The van der Waals surface area contributed by atoms with E-state index in [0.717, 1.165) is 17.1 Å². The molecule has 0 spiro atoms. The fraction of sp³-hybridized carbons (Fsp3) is 0.250. The summed E-state index contributed by atoms with van der Waals surface area (Å²) < 4.78 is 5.92. The number of nitrogens with one attached hydrogen (secondary N) is 2. The van der Waals surface area contributed by atoms with Gasteiger partial charge in [-0.15, -0.1) is 0 Å².